The molecule has 1 fully saturated rings. The van der Waals surface area contributed by atoms with Crippen LogP contribution in [0.4, 0.5) is 5.69 Å². The summed E-state index contributed by atoms with van der Waals surface area (Å²) in [6, 6.07) is 8.32. The summed E-state index contributed by atoms with van der Waals surface area (Å²) in [7, 11) is 0. The fourth-order valence-corrected chi connectivity index (χ4v) is 3.71. The number of hydrogen-bond acceptors (Lipinski definition) is 3. The van der Waals surface area contributed by atoms with E-state index < -0.39 is 0 Å². The van der Waals surface area contributed by atoms with Crippen molar-refractivity contribution in [2.45, 2.75) is 39.0 Å². The number of benzene rings is 1. The van der Waals surface area contributed by atoms with Crippen LogP contribution in [0.5, 0.6) is 5.75 Å². The Balaban J connectivity index is 1.80. The molecule has 3 nitrogen and oxygen atoms in total. The highest BCUT2D eigenvalue weighted by molar-refractivity contribution is 5.59. The van der Waals surface area contributed by atoms with Crippen LogP contribution >= 0.6 is 0 Å². The molecular weight excluding hydrogens is 262 g/mol. The number of rotatable bonds is 3. The molecule has 0 unspecified atom stereocenters. The van der Waals surface area contributed by atoms with Crippen LogP contribution in [0.3, 0.4) is 0 Å². The molecule has 1 aliphatic heterocycles. The molecule has 0 aromatic heterocycles. The predicted molar refractivity (Wildman–Crippen MR) is 85.9 cm³/mol. The molecule has 0 saturated heterocycles. The molecule has 0 amide bonds. The van der Waals surface area contributed by atoms with Gasteiger partial charge in [0.1, 0.15) is 5.75 Å². The number of nitrogens with zero attached hydrogens (tertiary/aromatic N) is 1. The molecule has 0 radical (unpaired) electrons. The number of anilines is 1. The van der Waals surface area contributed by atoms with Crippen molar-refractivity contribution in [3.63, 3.8) is 0 Å². The zero-order valence-electron chi connectivity index (χ0n) is 13.1. The molecule has 3 heteroatoms. The van der Waals surface area contributed by atoms with Crippen LogP contribution in [0.1, 0.15) is 39.0 Å². The van der Waals surface area contributed by atoms with Crippen LogP contribution in [0.15, 0.2) is 24.3 Å². The van der Waals surface area contributed by atoms with Crippen molar-refractivity contribution in [2.24, 2.45) is 11.3 Å². The minimum atomic E-state index is 0.0734. The van der Waals surface area contributed by atoms with Crippen molar-refractivity contribution in [3.05, 3.63) is 24.3 Å². The Morgan fingerprint density at radius 2 is 2.05 bits per heavy atom. The number of fused-ring (bicyclic) bond motifs is 1. The summed E-state index contributed by atoms with van der Waals surface area (Å²) >= 11 is 0. The summed E-state index contributed by atoms with van der Waals surface area (Å²) < 4.78 is 5.85. The molecule has 1 aromatic carbocycles. The van der Waals surface area contributed by atoms with Gasteiger partial charge in [0.05, 0.1) is 18.9 Å². The van der Waals surface area contributed by atoms with E-state index in [9.17, 15) is 5.11 Å². The Kier molecular flexibility index (Phi) is 4.39. The van der Waals surface area contributed by atoms with Gasteiger partial charge in [0.2, 0.25) is 0 Å². The molecule has 1 saturated carbocycles. The van der Waals surface area contributed by atoms with E-state index in [0.29, 0.717) is 6.61 Å². The maximum absolute atomic E-state index is 10.0. The second kappa shape index (κ2) is 6.27. The van der Waals surface area contributed by atoms with Crippen LogP contribution in [0.2, 0.25) is 0 Å². The molecule has 21 heavy (non-hydrogen) atoms. The Morgan fingerprint density at radius 3 is 2.81 bits per heavy atom. The molecule has 1 aliphatic carbocycles. The summed E-state index contributed by atoms with van der Waals surface area (Å²) in [5.41, 5.74) is 1.27. The van der Waals surface area contributed by atoms with Crippen molar-refractivity contribution in [1.82, 2.24) is 0 Å². The number of aliphatic hydroxyl groups excluding tert-OH is 1. The van der Waals surface area contributed by atoms with Crippen LogP contribution in [0.25, 0.3) is 0 Å². The molecule has 0 atom stereocenters. The van der Waals surface area contributed by atoms with E-state index in [0.717, 1.165) is 50.6 Å². The SMILES string of the molecule is CC1CCC(CO)(CN2CCCOc3ccccc32)CC1. The smallest absolute Gasteiger partial charge is 0.142 e. The van der Waals surface area contributed by atoms with E-state index in [1.54, 1.807) is 0 Å². The first-order valence-electron chi connectivity index (χ1n) is 8.30. The topological polar surface area (TPSA) is 32.7 Å². The third-order valence-corrected chi connectivity index (χ3v) is 5.23. The lowest BCUT2D eigenvalue weighted by Gasteiger charge is -2.42. The monoisotopic (exact) mass is 289 g/mol. The summed E-state index contributed by atoms with van der Waals surface area (Å²) in [5, 5.41) is 10.0. The molecule has 3 rings (SSSR count). The van der Waals surface area contributed by atoms with Gasteiger partial charge in [0.15, 0.2) is 0 Å². The van der Waals surface area contributed by atoms with Crippen molar-refractivity contribution in [3.8, 4) is 5.75 Å². The van der Waals surface area contributed by atoms with E-state index in [-0.39, 0.29) is 5.41 Å². The van der Waals surface area contributed by atoms with Crippen LogP contribution in [-0.2, 0) is 0 Å². The molecule has 1 aromatic rings. The van der Waals surface area contributed by atoms with E-state index in [1.165, 1.54) is 18.5 Å². The highest BCUT2D eigenvalue weighted by Gasteiger charge is 2.36. The summed E-state index contributed by atoms with van der Waals surface area (Å²) in [6.07, 6.45) is 5.82. The lowest BCUT2D eigenvalue weighted by atomic mass is 9.71. The lowest BCUT2D eigenvalue weighted by molar-refractivity contribution is 0.0730. The predicted octanol–water partition coefficient (Wildman–Crippen LogP) is 3.46. The standard InChI is InChI=1S/C18H27NO2/c1-15-7-9-18(14-20,10-8-15)13-19-11-4-12-21-17-6-3-2-5-16(17)19/h2-3,5-6,15,20H,4,7-14H2,1H3. The number of para-hydroxylation sites is 2. The van der Waals surface area contributed by atoms with Gasteiger partial charge in [-0.3, -0.25) is 0 Å². The zero-order valence-corrected chi connectivity index (χ0v) is 13.1. The van der Waals surface area contributed by atoms with Crippen molar-refractivity contribution < 1.29 is 9.84 Å². The van der Waals surface area contributed by atoms with Gasteiger partial charge in [0.25, 0.3) is 0 Å². The Bertz CT molecular complexity index is 466. The molecule has 0 spiro atoms. The van der Waals surface area contributed by atoms with Gasteiger partial charge in [-0.25, -0.2) is 0 Å². The van der Waals surface area contributed by atoms with Gasteiger partial charge in [-0.05, 0) is 37.3 Å². The maximum Gasteiger partial charge on any atom is 0.142 e. The fourth-order valence-electron chi connectivity index (χ4n) is 3.71. The molecule has 0 bridgehead atoms. The maximum atomic E-state index is 10.0. The summed E-state index contributed by atoms with van der Waals surface area (Å²) in [4.78, 5) is 2.44. The van der Waals surface area contributed by atoms with E-state index >= 15 is 0 Å². The number of hydrogen-bond donors (Lipinski definition) is 1. The highest BCUT2D eigenvalue weighted by atomic mass is 16.5. The van der Waals surface area contributed by atoms with Gasteiger partial charge in [-0.15, -0.1) is 0 Å². The highest BCUT2D eigenvalue weighted by Crippen LogP contribution is 2.41. The molecular formula is C18H27NO2. The summed E-state index contributed by atoms with van der Waals surface area (Å²) in [5.74, 6) is 1.80. The van der Waals surface area contributed by atoms with Gasteiger partial charge in [-0.1, -0.05) is 31.9 Å². The quantitative estimate of drug-likeness (QED) is 0.925. The Hall–Kier alpha value is -1.22. The number of aliphatic hydroxyl groups is 1. The van der Waals surface area contributed by atoms with E-state index in [4.69, 9.17) is 4.74 Å². The minimum absolute atomic E-state index is 0.0734. The van der Waals surface area contributed by atoms with Crippen LogP contribution in [0, 0.1) is 11.3 Å². The normalized spacial score (nSPS) is 29.4. The van der Waals surface area contributed by atoms with Crippen molar-refractivity contribution in [1.29, 1.82) is 0 Å². The van der Waals surface area contributed by atoms with Crippen molar-refractivity contribution in [2.75, 3.05) is 31.2 Å². The molecule has 1 N–H and O–H groups in total. The van der Waals surface area contributed by atoms with Crippen molar-refractivity contribution >= 4 is 5.69 Å². The van der Waals surface area contributed by atoms with Gasteiger partial charge in [0, 0.05) is 18.5 Å². The first kappa shape index (κ1) is 14.7. The largest absolute Gasteiger partial charge is 0.491 e. The van der Waals surface area contributed by atoms with E-state index in [2.05, 4.69) is 30.0 Å². The average molecular weight is 289 g/mol. The first-order valence-corrected chi connectivity index (χ1v) is 8.30. The lowest BCUT2D eigenvalue weighted by Crippen LogP contribution is -2.43. The molecule has 2 aliphatic rings. The minimum Gasteiger partial charge on any atom is -0.491 e. The third-order valence-electron chi connectivity index (χ3n) is 5.23. The molecule has 116 valence electrons. The van der Waals surface area contributed by atoms with Gasteiger partial charge >= 0.3 is 0 Å². The Labute approximate surface area is 127 Å². The first-order chi connectivity index (χ1) is 10.2. The second-order valence-electron chi connectivity index (χ2n) is 6.93. The summed E-state index contributed by atoms with van der Waals surface area (Å²) in [6.45, 7) is 5.40. The van der Waals surface area contributed by atoms with Crippen LogP contribution in [-0.4, -0.2) is 31.4 Å². The van der Waals surface area contributed by atoms with Gasteiger partial charge < -0.3 is 14.7 Å². The van der Waals surface area contributed by atoms with Crippen LogP contribution < -0.4 is 9.64 Å². The van der Waals surface area contributed by atoms with Gasteiger partial charge in [-0.2, -0.15) is 0 Å². The fraction of sp³-hybridized carbons (Fsp3) is 0.667. The number of ether oxygens (including phenoxy) is 1. The Morgan fingerprint density at radius 1 is 1.29 bits per heavy atom. The average Bonchev–Trinajstić information content (AvgIpc) is 2.73. The zero-order chi connectivity index (χ0) is 14.7. The second-order valence-corrected chi connectivity index (χ2v) is 6.93. The molecule has 1 heterocycles. The third kappa shape index (κ3) is 3.18. The van der Waals surface area contributed by atoms with E-state index in [1.807, 2.05) is 6.07 Å².